The van der Waals surface area contributed by atoms with Crippen molar-refractivity contribution >= 4 is 46.8 Å². The van der Waals surface area contributed by atoms with Gasteiger partial charge in [0.1, 0.15) is 5.82 Å². The van der Waals surface area contributed by atoms with Gasteiger partial charge in [0, 0.05) is 23.7 Å². The highest BCUT2D eigenvalue weighted by atomic mass is 32.1. The number of carbonyl (C=O) groups excluding carboxylic acids is 3. The van der Waals surface area contributed by atoms with E-state index >= 15 is 0 Å². The van der Waals surface area contributed by atoms with Crippen molar-refractivity contribution in [1.29, 1.82) is 0 Å². The van der Waals surface area contributed by atoms with Crippen LogP contribution in [0.4, 0.5) is 10.1 Å². The summed E-state index contributed by atoms with van der Waals surface area (Å²) >= 11 is 4.94. The van der Waals surface area contributed by atoms with Crippen molar-refractivity contribution in [2.75, 3.05) is 5.32 Å². The number of halogens is 1. The molecule has 0 unspecified atom stereocenters. The summed E-state index contributed by atoms with van der Waals surface area (Å²) in [5.74, 6) is -1.49. The number of benzene rings is 2. The SMILES string of the molecule is CCC(=O)Nc1ccc(C(=O)NNC(=S)NC(=O)C=Cc2ccc(F)cc2)cc1. The molecule has 2 rings (SSSR count). The van der Waals surface area contributed by atoms with Gasteiger partial charge in [0.25, 0.3) is 5.91 Å². The lowest BCUT2D eigenvalue weighted by molar-refractivity contribution is -0.116. The summed E-state index contributed by atoms with van der Waals surface area (Å²) in [5, 5.41) is 4.94. The van der Waals surface area contributed by atoms with E-state index in [1.165, 1.54) is 48.6 Å². The van der Waals surface area contributed by atoms with E-state index in [9.17, 15) is 18.8 Å². The second-order valence-corrected chi connectivity index (χ2v) is 6.17. The van der Waals surface area contributed by atoms with Crippen LogP contribution in [0.1, 0.15) is 29.3 Å². The molecule has 0 heterocycles. The van der Waals surface area contributed by atoms with Gasteiger partial charge in [0.05, 0.1) is 0 Å². The normalized spacial score (nSPS) is 10.3. The number of thiocarbonyl (C=S) groups is 1. The van der Waals surface area contributed by atoms with Gasteiger partial charge >= 0.3 is 0 Å². The van der Waals surface area contributed by atoms with Crippen LogP contribution >= 0.6 is 12.2 Å². The van der Waals surface area contributed by atoms with Crippen molar-refractivity contribution in [3.05, 3.63) is 71.6 Å². The lowest BCUT2D eigenvalue weighted by Gasteiger charge is -2.10. The van der Waals surface area contributed by atoms with Crippen molar-refractivity contribution in [3.8, 4) is 0 Å². The zero-order valence-corrected chi connectivity index (χ0v) is 16.3. The topological polar surface area (TPSA) is 99.3 Å². The van der Waals surface area contributed by atoms with Crippen LogP contribution in [0.5, 0.6) is 0 Å². The summed E-state index contributed by atoms with van der Waals surface area (Å²) in [7, 11) is 0. The zero-order valence-electron chi connectivity index (χ0n) is 15.5. The Morgan fingerprint density at radius 1 is 1.00 bits per heavy atom. The Labute approximate surface area is 172 Å². The first-order valence-corrected chi connectivity index (χ1v) is 9.03. The molecule has 0 saturated heterocycles. The number of amides is 3. The minimum atomic E-state index is -0.517. The molecule has 2 aromatic rings. The van der Waals surface area contributed by atoms with Crippen molar-refractivity contribution < 1.29 is 18.8 Å². The van der Waals surface area contributed by atoms with E-state index in [1.54, 1.807) is 19.1 Å². The molecule has 0 radical (unpaired) electrons. The van der Waals surface area contributed by atoms with Crippen LogP contribution in [0.25, 0.3) is 6.08 Å². The third-order valence-electron chi connectivity index (χ3n) is 3.58. The monoisotopic (exact) mass is 414 g/mol. The molecule has 0 aliphatic rings. The molecule has 0 aromatic heterocycles. The molecule has 150 valence electrons. The smallest absolute Gasteiger partial charge is 0.269 e. The number of nitrogens with one attached hydrogen (secondary N) is 4. The molecule has 9 heteroatoms. The van der Waals surface area contributed by atoms with Crippen LogP contribution in [0.2, 0.25) is 0 Å². The van der Waals surface area contributed by atoms with Gasteiger partial charge in [-0.2, -0.15) is 0 Å². The predicted molar refractivity (Wildman–Crippen MR) is 112 cm³/mol. The highest BCUT2D eigenvalue weighted by molar-refractivity contribution is 7.80. The first-order valence-electron chi connectivity index (χ1n) is 8.62. The quantitative estimate of drug-likeness (QED) is 0.342. The summed E-state index contributed by atoms with van der Waals surface area (Å²) in [6.45, 7) is 1.74. The van der Waals surface area contributed by atoms with Crippen LogP contribution in [0.15, 0.2) is 54.6 Å². The minimum Gasteiger partial charge on any atom is -0.326 e. The average molecular weight is 414 g/mol. The van der Waals surface area contributed by atoms with Crippen molar-refractivity contribution in [2.24, 2.45) is 0 Å². The average Bonchev–Trinajstić information content (AvgIpc) is 2.72. The second-order valence-electron chi connectivity index (χ2n) is 5.76. The van der Waals surface area contributed by atoms with Gasteiger partial charge in [-0.05, 0) is 60.3 Å². The number of rotatable bonds is 5. The highest BCUT2D eigenvalue weighted by Gasteiger charge is 2.07. The largest absolute Gasteiger partial charge is 0.326 e. The maximum Gasteiger partial charge on any atom is 0.269 e. The molecule has 0 atom stereocenters. The summed E-state index contributed by atoms with van der Waals surface area (Å²) < 4.78 is 12.8. The molecule has 7 nitrogen and oxygen atoms in total. The first-order chi connectivity index (χ1) is 13.9. The Kier molecular flexibility index (Phi) is 7.99. The van der Waals surface area contributed by atoms with Crippen molar-refractivity contribution in [3.63, 3.8) is 0 Å². The molecule has 2 aromatic carbocycles. The Bertz CT molecular complexity index is 928. The Morgan fingerprint density at radius 3 is 2.28 bits per heavy atom. The number of hydrogen-bond acceptors (Lipinski definition) is 4. The molecular weight excluding hydrogens is 395 g/mol. The van der Waals surface area contributed by atoms with Gasteiger partial charge in [-0.1, -0.05) is 19.1 Å². The Balaban J connectivity index is 1.79. The molecule has 3 amide bonds. The molecule has 0 saturated carbocycles. The van der Waals surface area contributed by atoms with Gasteiger partial charge in [-0.15, -0.1) is 0 Å². The number of carbonyl (C=O) groups is 3. The lowest BCUT2D eigenvalue weighted by atomic mass is 10.2. The van der Waals surface area contributed by atoms with Gasteiger partial charge in [-0.25, -0.2) is 4.39 Å². The third kappa shape index (κ3) is 7.51. The Hall–Kier alpha value is -3.59. The van der Waals surface area contributed by atoms with Crippen LogP contribution in [-0.2, 0) is 9.59 Å². The van der Waals surface area contributed by atoms with Crippen molar-refractivity contribution in [2.45, 2.75) is 13.3 Å². The lowest BCUT2D eigenvalue weighted by Crippen LogP contribution is -2.48. The van der Waals surface area contributed by atoms with E-state index in [1.807, 2.05) is 0 Å². The molecule has 0 bridgehead atoms. The summed E-state index contributed by atoms with van der Waals surface area (Å²) in [5.41, 5.74) is 6.33. The summed E-state index contributed by atoms with van der Waals surface area (Å²) in [6, 6.07) is 11.9. The first kappa shape index (κ1) is 21.7. The fraction of sp³-hybridized carbons (Fsp3) is 0.100. The van der Waals surface area contributed by atoms with E-state index in [0.29, 0.717) is 23.2 Å². The van der Waals surface area contributed by atoms with Crippen LogP contribution in [-0.4, -0.2) is 22.8 Å². The standard InChI is InChI=1S/C20H19FN4O3S/c1-2-17(26)22-16-10-6-14(7-11-16)19(28)24-25-20(29)23-18(27)12-5-13-3-8-15(21)9-4-13/h3-12H,2H2,1H3,(H,22,26)(H,24,28)(H2,23,25,27,29). The molecule has 0 fully saturated rings. The summed E-state index contributed by atoms with van der Waals surface area (Å²) in [6.07, 6.45) is 3.08. The molecule has 0 aliphatic heterocycles. The molecule has 29 heavy (non-hydrogen) atoms. The maximum atomic E-state index is 12.8. The van der Waals surface area contributed by atoms with Gasteiger partial charge < -0.3 is 5.32 Å². The van der Waals surface area contributed by atoms with Gasteiger partial charge in [0.15, 0.2) is 5.11 Å². The van der Waals surface area contributed by atoms with E-state index in [-0.39, 0.29) is 16.8 Å². The maximum absolute atomic E-state index is 12.8. The van der Waals surface area contributed by atoms with Gasteiger partial charge in [0.2, 0.25) is 11.8 Å². The molecular formula is C20H19FN4O3S. The van der Waals surface area contributed by atoms with Crippen LogP contribution in [0.3, 0.4) is 0 Å². The fourth-order valence-corrected chi connectivity index (χ4v) is 2.22. The highest BCUT2D eigenvalue weighted by Crippen LogP contribution is 2.09. The summed E-state index contributed by atoms with van der Waals surface area (Å²) in [4.78, 5) is 35.2. The third-order valence-corrected chi connectivity index (χ3v) is 3.78. The zero-order chi connectivity index (χ0) is 21.2. The predicted octanol–water partition coefficient (Wildman–Crippen LogP) is 2.52. The Morgan fingerprint density at radius 2 is 1.66 bits per heavy atom. The van der Waals surface area contributed by atoms with Crippen LogP contribution < -0.4 is 21.5 Å². The number of hydrazine groups is 1. The van der Waals surface area contributed by atoms with E-state index in [2.05, 4.69) is 21.5 Å². The molecule has 0 aliphatic carbocycles. The minimum absolute atomic E-state index is 0.0982. The number of hydrogen-bond donors (Lipinski definition) is 4. The van der Waals surface area contributed by atoms with Crippen LogP contribution in [0, 0.1) is 5.82 Å². The van der Waals surface area contributed by atoms with E-state index < -0.39 is 11.8 Å². The molecule has 4 N–H and O–H groups in total. The molecule has 0 spiro atoms. The van der Waals surface area contributed by atoms with Crippen molar-refractivity contribution in [1.82, 2.24) is 16.2 Å². The number of anilines is 1. The van der Waals surface area contributed by atoms with E-state index in [0.717, 1.165) is 0 Å². The second kappa shape index (κ2) is 10.7. The van der Waals surface area contributed by atoms with E-state index in [4.69, 9.17) is 12.2 Å². The van der Waals surface area contributed by atoms with Gasteiger partial charge in [-0.3, -0.25) is 30.6 Å². The fourth-order valence-electron chi connectivity index (χ4n) is 2.07.